The van der Waals surface area contributed by atoms with E-state index in [1.807, 2.05) is 13.0 Å². The Morgan fingerprint density at radius 2 is 2.09 bits per heavy atom. The van der Waals surface area contributed by atoms with Gasteiger partial charge in [-0.25, -0.2) is 0 Å². The number of hydrogen-bond donors (Lipinski definition) is 2. The summed E-state index contributed by atoms with van der Waals surface area (Å²) in [6, 6.07) is 1.96. The highest BCUT2D eigenvalue weighted by Crippen LogP contribution is 2.60. The summed E-state index contributed by atoms with van der Waals surface area (Å²) < 4.78 is 0. The van der Waals surface area contributed by atoms with Crippen LogP contribution in [0.4, 0.5) is 0 Å². The number of hydrogen-bond acceptors (Lipinski definition) is 4. The van der Waals surface area contributed by atoms with Crippen LogP contribution in [0.3, 0.4) is 0 Å². The normalized spacial score (nSPS) is 40.5. The zero-order chi connectivity index (χ0) is 16.5. The second-order valence-corrected chi connectivity index (χ2v) is 7.66. The van der Waals surface area contributed by atoms with E-state index in [0.29, 0.717) is 18.3 Å². The smallest absolute Gasteiger partial charge is 0.143 e. The first-order chi connectivity index (χ1) is 10.4. The number of aliphatic hydroxyl groups excluding tert-OH is 2. The van der Waals surface area contributed by atoms with E-state index in [1.165, 1.54) is 0 Å². The quantitative estimate of drug-likeness (QED) is 0.765. The van der Waals surface area contributed by atoms with Crippen LogP contribution in [-0.4, -0.2) is 28.7 Å². The fraction of sp³-hybridized carbons (Fsp3) is 0.889. The SMILES string of the molecule is CC(=O)C1CC[C@H]2[C@H](CCO)[C@@H](C(C)C(O)C#N)CC[C@]12C. The topological polar surface area (TPSA) is 81.3 Å². The summed E-state index contributed by atoms with van der Waals surface area (Å²) in [7, 11) is 0. The first kappa shape index (κ1) is 17.4. The van der Waals surface area contributed by atoms with Crippen molar-refractivity contribution in [1.29, 1.82) is 5.26 Å². The van der Waals surface area contributed by atoms with E-state index in [1.54, 1.807) is 6.92 Å². The highest BCUT2D eigenvalue weighted by molar-refractivity contribution is 5.79. The summed E-state index contributed by atoms with van der Waals surface area (Å²) >= 11 is 0. The molecule has 4 nitrogen and oxygen atoms in total. The van der Waals surface area contributed by atoms with Gasteiger partial charge in [0.1, 0.15) is 11.9 Å². The number of rotatable bonds is 5. The number of carbonyl (C=O) groups is 1. The van der Waals surface area contributed by atoms with Crippen molar-refractivity contribution in [3.63, 3.8) is 0 Å². The molecular formula is C18H29NO3. The van der Waals surface area contributed by atoms with Crippen molar-refractivity contribution in [3.05, 3.63) is 0 Å². The van der Waals surface area contributed by atoms with Crippen molar-refractivity contribution in [2.45, 2.75) is 59.0 Å². The van der Waals surface area contributed by atoms with Crippen molar-refractivity contribution in [2.24, 2.45) is 35.0 Å². The summed E-state index contributed by atoms with van der Waals surface area (Å²) in [6.45, 7) is 6.02. The van der Waals surface area contributed by atoms with Gasteiger partial charge in [-0.15, -0.1) is 0 Å². The Morgan fingerprint density at radius 1 is 1.41 bits per heavy atom. The molecule has 0 spiro atoms. The van der Waals surface area contributed by atoms with E-state index in [9.17, 15) is 15.0 Å². The zero-order valence-electron chi connectivity index (χ0n) is 14.0. The summed E-state index contributed by atoms with van der Waals surface area (Å²) in [5.41, 5.74) is 0.0273. The number of fused-ring (bicyclic) bond motifs is 1. The number of ketones is 1. The Kier molecular flexibility index (Phi) is 5.29. The maximum atomic E-state index is 12.0. The van der Waals surface area contributed by atoms with Gasteiger partial charge in [0.15, 0.2) is 0 Å². The molecule has 2 rings (SSSR count). The third kappa shape index (κ3) is 2.81. The molecule has 2 aliphatic rings. The minimum Gasteiger partial charge on any atom is -0.396 e. The molecule has 0 aromatic rings. The number of nitrogens with zero attached hydrogens (tertiary/aromatic N) is 1. The summed E-state index contributed by atoms with van der Waals surface area (Å²) in [5.74, 6) is 1.31. The van der Waals surface area contributed by atoms with E-state index >= 15 is 0 Å². The monoisotopic (exact) mass is 307 g/mol. The van der Waals surface area contributed by atoms with Crippen molar-refractivity contribution in [2.75, 3.05) is 6.61 Å². The number of Topliss-reactive ketones (excluding diaryl/α,β-unsaturated/α-hetero) is 1. The Hall–Kier alpha value is -0.920. The van der Waals surface area contributed by atoms with Gasteiger partial charge in [0.2, 0.25) is 0 Å². The van der Waals surface area contributed by atoms with Crippen LogP contribution < -0.4 is 0 Å². The molecule has 2 saturated carbocycles. The van der Waals surface area contributed by atoms with E-state index in [0.717, 1.165) is 25.7 Å². The molecule has 22 heavy (non-hydrogen) atoms. The molecule has 0 saturated heterocycles. The molecule has 3 unspecified atom stereocenters. The lowest BCUT2D eigenvalue weighted by Gasteiger charge is -2.50. The average molecular weight is 307 g/mol. The largest absolute Gasteiger partial charge is 0.396 e. The molecule has 0 aliphatic heterocycles. The van der Waals surface area contributed by atoms with Gasteiger partial charge in [-0.05, 0) is 68.1 Å². The molecule has 0 bridgehead atoms. The molecule has 0 radical (unpaired) electrons. The number of nitriles is 1. The summed E-state index contributed by atoms with van der Waals surface area (Å²) in [4.78, 5) is 12.0. The minimum absolute atomic E-state index is 0.0273. The molecule has 124 valence electrons. The summed E-state index contributed by atoms with van der Waals surface area (Å²) in [6.07, 6.45) is 3.65. The Morgan fingerprint density at radius 3 is 2.64 bits per heavy atom. The third-order valence-electron chi connectivity index (χ3n) is 6.75. The molecule has 0 aromatic heterocycles. The zero-order valence-corrected chi connectivity index (χ0v) is 14.0. The standard InChI is InChI=1S/C18H29NO3/c1-11(17(22)10-19)13-6-8-18(3)15(12(2)21)4-5-16(18)14(13)7-9-20/h11,13-17,20,22H,4-9H2,1-3H3/t11?,13-,14-,15?,16+,17?,18-/m1/s1. The lowest BCUT2D eigenvalue weighted by molar-refractivity contribution is -0.127. The summed E-state index contributed by atoms with van der Waals surface area (Å²) in [5, 5.41) is 28.4. The van der Waals surface area contributed by atoms with Crippen molar-refractivity contribution in [3.8, 4) is 6.07 Å². The van der Waals surface area contributed by atoms with E-state index in [4.69, 9.17) is 5.26 Å². The molecule has 0 amide bonds. The second-order valence-electron chi connectivity index (χ2n) is 7.66. The van der Waals surface area contributed by atoms with E-state index in [2.05, 4.69) is 6.92 Å². The fourth-order valence-corrected chi connectivity index (χ4v) is 5.55. The average Bonchev–Trinajstić information content (AvgIpc) is 2.84. The molecule has 2 fully saturated rings. The van der Waals surface area contributed by atoms with Gasteiger partial charge >= 0.3 is 0 Å². The van der Waals surface area contributed by atoms with Gasteiger partial charge in [0.25, 0.3) is 0 Å². The fourth-order valence-electron chi connectivity index (χ4n) is 5.55. The molecule has 0 heterocycles. The Bertz CT molecular complexity index is 458. The lowest BCUT2D eigenvalue weighted by atomic mass is 9.54. The molecule has 2 aliphatic carbocycles. The number of aliphatic hydroxyl groups is 2. The molecular weight excluding hydrogens is 278 g/mol. The third-order valence-corrected chi connectivity index (χ3v) is 6.75. The predicted octanol–water partition coefficient (Wildman–Crippen LogP) is 2.54. The van der Waals surface area contributed by atoms with Crippen LogP contribution >= 0.6 is 0 Å². The van der Waals surface area contributed by atoms with Crippen LogP contribution in [0.1, 0.15) is 52.9 Å². The molecule has 0 aromatic carbocycles. The lowest BCUT2D eigenvalue weighted by Crippen LogP contribution is -2.46. The first-order valence-corrected chi connectivity index (χ1v) is 8.55. The van der Waals surface area contributed by atoms with Crippen LogP contribution in [0.5, 0.6) is 0 Å². The Balaban J connectivity index is 2.26. The second kappa shape index (κ2) is 6.68. The van der Waals surface area contributed by atoms with Crippen LogP contribution in [0.15, 0.2) is 0 Å². The predicted molar refractivity (Wildman–Crippen MR) is 83.7 cm³/mol. The van der Waals surface area contributed by atoms with Crippen molar-refractivity contribution >= 4 is 5.78 Å². The van der Waals surface area contributed by atoms with Gasteiger partial charge in [0.05, 0.1) is 6.07 Å². The number of carbonyl (C=O) groups excluding carboxylic acids is 1. The van der Waals surface area contributed by atoms with Crippen molar-refractivity contribution in [1.82, 2.24) is 0 Å². The first-order valence-electron chi connectivity index (χ1n) is 8.55. The van der Waals surface area contributed by atoms with Crippen LogP contribution in [0.2, 0.25) is 0 Å². The van der Waals surface area contributed by atoms with Gasteiger partial charge in [-0.1, -0.05) is 13.8 Å². The van der Waals surface area contributed by atoms with E-state index < -0.39 is 6.10 Å². The van der Waals surface area contributed by atoms with Crippen LogP contribution in [-0.2, 0) is 4.79 Å². The highest BCUT2D eigenvalue weighted by atomic mass is 16.3. The molecule has 4 heteroatoms. The molecule has 7 atom stereocenters. The van der Waals surface area contributed by atoms with Crippen LogP contribution in [0, 0.1) is 46.3 Å². The van der Waals surface area contributed by atoms with E-state index in [-0.39, 0.29) is 35.6 Å². The van der Waals surface area contributed by atoms with Gasteiger partial charge in [-0.3, -0.25) is 4.79 Å². The van der Waals surface area contributed by atoms with Crippen LogP contribution in [0.25, 0.3) is 0 Å². The van der Waals surface area contributed by atoms with Gasteiger partial charge in [0, 0.05) is 12.5 Å². The highest BCUT2D eigenvalue weighted by Gasteiger charge is 2.55. The Labute approximate surface area is 133 Å². The van der Waals surface area contributed by atoms with Crippen molar-refractivity contribution < 1.29 is 15.0 Å². The minimum atomic E-state index is -0.944. The molecule has 2 N–H and O–H groups in total. The van der Waals surface area contributed by atoms with Gasteiger partial charge in [-0.2, -0.15) is 5.26 Å². The van der Waals surface area contributed by atoms with Gasteiger partial charge < -0.3 is 10.2 Å². The maximum absolute atomic E-state index is 12.0. The maximum Gasteiger partial charge on any atom is 0.143 e.